The molecule has 5 aromatic carbocycles. The van der Waals surface area contributed by atoms with Gasteiger partial charge in [-0.15, -0.1) is 0 Å². The Morgan fingerprint density at radius 3 is 1.67 bits per heavy atom. The van der Waals surface area contributed by atoms with Gasteiger partial charge >= 0.3 is 0 Å². The Morgan fingerprint density at radius 1 is 0.500 bits per heavy atom. The average Bonchev–Trinajstić information content (AvgIpc) is 3.35. The lowest BCUT2D eigenvalue weighted by Crippen LogP contribution is -2.23. The maximum absolute atomic E-state index is 4.94. The smallest absolute Gasteiger partial charge is 0.0702 e. The second-order valence-electron chi connectivity index (χ2n) is 11.1. The molecule has 2 heteroatoms. The summed E-state index contributed by atoms with van der Waals surface area (Å²) >= 11 is 0. The highest BCUT2D eigenvalue weighted by atomic mass is 15.1. The summed E-state index contributed by atoms with van der Waals surface area (Å²) in [5.74, 6) is 0. The van der Waals surface area contributed by atoms with Gasteiger partial charge in [0.25, 0.3) is 0 Å². The highest BCUT2D eigenvalue weighted by Crippen LogP contribution is 2.53. The van der Waals surface area contributed by atoms with Gasteiger partial charge in [-0.25, -0.2) is 0 Å². The summed E-state index contributed by atoms with van der Waals surface area (Å²) in [6, 6.07) is 50.0. The number of para-hydroxylation sites is 2. The highest BCUT2D eigenvalue weighted by Gasteiger charge is 2.40. The van der Waals surface area contributed by atoms with Crippen LogP contribution in [0.4, 0.5) is 17.1 Å². The van der Waals surface area contributed by atoms with Crippen molar-refractivity contribution in [1.82, 2.24) is 4.98 Å². The topological polar surface area (TPSA) is 16.1 Å². The molecule has 1 aliphatic carbocycles. The van der Waals surface area contributed by atoms with Crippen molar-refractivity contribution in [3.05, 3.63) is 157 Å². The number of rotatable bonds is 7. The van der Waals surface area contributed by atoms with Crippen LogP contribution in [0.2, 0.25) is 0 Å². The molecule has 0 fully saturated rings. The molecule has 0 saturated carbocycles. The Kier molecular flexibility index (Phi) is 6.68. The van der Waals surface area contributed by atoms with Gasteiger partial charge in [-0.3, -0.25) is 4.98 Å². The molecule has 1 aromatic heterocycles. The normalized spacial score (nSPS) is 12.9. The minimum absolute atomic E-state index is 0.0665. The van der Waals surface area contributed by atoms with Gasteiger partial charge < -0.3 is 4.90 Å². The molecule has 0 aliphatic heterocycles. The minimum Gasteiger partial charge on any atom is -0.311 e. The fourth-order valence-corrected chi connectivity index (χ4v) is 6.77. The number of nitrogens with zero attached hydrogens (tertiary/aromatic N) is 2. The van der Waals surface area contributed by atoms with E-state index in [1.54, 1.807) is 0 Å². The molecule has 0 N–H and O–H groups in total. The third-order valence-electron chi connectivity index (χ3n) is 9.02. The van der Waals surface area contributed by atoms with Gasteiger partial charge in [0, 0.05) is 39.8 Å². The van der Waals surface area contributed by atoms with E-state index in [9.17, 15) is 0 Å². The van der Waals surface area contributed by atoms with E-state index in [0.717, 1.165) is 46.7 Å². The zero-order valence-corrected chi connectivity index (χ0v) is 24.2. The Bertz CT molecular complexity index is 1780. The average molecular weight is 543 g/mol. The Hall–Kier alpha value is -4.95. The van der Waals surface area contributed by atoms with E-state index >= 15 is 0 Å². The fourth-order valence-electron chi connectivity index (χ4n) is 6.77. The molecule has 0 saturated heterocycles. The van der Waals surface area contributed by atoms with Crippen LogP contribution in [0.25, 0.3) is 33.5 Å². The number of fused-ring (bicyclic) bond motifs is 3. The molecule has 1 aliphatic rings. The van der Waals surface area contributed by atoms with Crippen LogP contribution in [0, 0.1) is 0 Å². The Morgan fingerprint density at radius 2 is 1.05 bits per heavy atom. The first-order chi connectivity index (χ1) is 20.7. The first-order valence-electron chi connectivity index (χ1n) is 14.9. The summed E-state index contributed by atoms with van der Waals surface area (Å²) in [5.41, 5.74) is 13.6. The van der Waals surface area contributed by atoms with E-state index in [1.165, 1.54) is 27.8 Å². The number of benzene rings is 5. The van der Waals surface area contributed by atoms with E-state index in [0.29, 0.717) is 0 Å². The molecule has 204 valence electrons. The summed E-state index contributed by atoms with van der Waals surface area (Å²) < 4.78 is 0. The molecule has 6 aromatic rings. The van der Waals surface area contributed by atoms with Crippen LogP contribution in [0.1, 0.15) is 37.8 Å². The molecule has 0 bridgehead atoms. The Labute approximate surface area is 249 Å². The lowest BCUT2D eigenvalue weighted by molar-refractivity contribution is 0.490. The van der Waals surface area contributed by atoms with Crippen LogP contribution in [0.3, 0.4) is 0 Å². The molecular weight excluding hydrogens is 508 g/mol. The van der Waals surface area contributed by atoms with Gasteiger partial charge in [-0.2, -0.15) is 0 Å². The van der Waals surface area contributed by atoms with Crippen LogP contribution < -0.4 is 4.90 Å². The highest BCUT2D eigenvalue weighted by molar-refractivity contribution is 5.84. The molecule has 2 nitrogen and oxygen atoms in total. The van der Waals surface area contributed by atoms with Crippen molar-refractivity contribution in [2.45, 2.75) is 32.1 Å². The minimum atomic E-state index is 0.0665. The van der Waals surface area contributed by atoms with Gasteiger partial charge in [-0.05, 0) is 89.2 Å². The van der Waals surface area contributed by atoms with Crippen molar-refractivity contribution in [2.24, 2.45) is 0 Å². The molecule has 0 unspecified atom stereocenters. The van der Waals surface area contributed by atoms with Crippen molar-refractivity contribution < 1.29 is 0 Å². The number of pyridine rings is 1. The third-order valence-corrected chi connectivity index (χ3v) is 9.02. The molecular formula is C40H34N2. The van der Waals surface area contributed by atoms with E-state index in [2.05, 4.69) is 158 Å². The zero-order valence-electron chi connectivity index (χ0n) is 24.2. The molecule has 42 heavy (non-hydrogen) atoms. The number of hydrogen-bond acceptors (Lipinski definition) is 2. The van der Waals surface area contributed by atoms with Gasteiger partial charge in [0.05, 0.1) is 5.69 Å². The molecule has 0 spiro atoms. The lowest BCUT2D eigenvalue weighted by atomic mass is 9.73. The summed E-state index contributed by atoms with van der Waals surface area (Å²) in [6.07, 6.45) is 4.18. The van der Waals surface area contributed by atoms with Crippen LogP contribution >= 0.6 is 0 Å². The number of anilines is 3. The summed E-state index contributed by atoms with van der Waals surface area (Å²) in [5, 5.41) is 0. The Balaban J connectivity index is 1.19. The van der Waals surface area contributed by atoms with Crippen molar-refractivity contribution in [1.29, 1.82) is 0 Å². The van der Waals surface area contributed by atoms with Gasteiger partial charge in [0.1, 0.15) is 0 Å². The number of aromatic nitrogens is 1. The summed E-state index contributed by atoms with van der Waals surface area (Å²) in [6.45, 7) is 4.64. The predicted molar refractivity (Wildman–Crippen MR) is 177 cm³/mol. The van der Waals surface area contributed by atoms with E-state index in [-0.39, 0.29) is 5.41 Å². The first kappa shape index (κ1) is 26.0. The molecule has 0 amide bonds. The second kappa shape index (κ2) is 10.8. The van der Waals surface area contributed by atoms with Crippen molar-refractivity contribution in [2.75, 3.05) is 4.90 Å². The third kappa shape index (κ3) is 4.31. The van der Waals surface area contributed by atoms with Crippen molar-refractivity contribution in [3.63, 3.8) is 0 Å². The van der Waals surface area contributed by atoms with Crippen molar-refractivity contribution >= 4 is 17.1 Å². The van der Waals surface area contributed by atoms with Crippen LogP contribution in [0.5, 0.6) is 0 Å². The second-order valence-corrected chi connectivity index (χ2v) is 11.1. The lowest BCUT2D eigenvalue weighted by Gasteiger charge is -2.29. The maximum atomic E-state index is 4.94. The maximum Gasteiger partial charge on any atom is 0.0702 e. The largest absolute Gasteiger partial charge is 0.311 e. The SMILES string of the molecule is CCC1(CC)c2ccccc2-c2ccc(-c3ccc(-c4ccc(N(c5ccccc5)c5ccccc5)cc4)cn3)cc21. The summed E-state index contributed by atoms with van der Waals surface area (Å²) in [7, 11) is 0. The van der Waals surface area contributed by atoms with Crippen molar-refractivity contribution in [3.8, 4) is 33.5 Å². The monoisotopic (exact) mass is 542 g/mol. The summed E-state index contributed by atoms with van der Waals surface area (Å²) in [4.78, 5) is 7.22. The predicted octanol–water partition coefficient (Wildman–Crippen LogP) is 11.0. The van der Waals surface area contributed by atoms with Gasteiger partial charge in [0.15, 0.2) is 0 Å². The quantitative estimate of drug-likeness (QED) is 0.199. The molecule has 7 rings (SSSR count). The molecule has 0 radical (unpaired) electrons. The van der Waals surface area contributed by atoms with Gasteiger partial charge in [0.2, 0.25) is 0 Å². The standard InChI is InChI=1S/C40H34N2/c1-3-40(4-2)37-18-12-11-17-35(37)36-25-21-30(27-38(36)40)39-26-22-31(28-41-39)29-19-23-34(24-20-29)42(32-13-7-5-8-14-32)33-15-9-6-10-16-33/h5-28H,3-4H2,1-2H3. The molecule has 1 heterocycles. The van der Waals surface area contributed by atoms with E-state index in [1.807, 2.05) is 6.20 Å². The van der Waals surface area contributed by atoms with E-state index in [4.69, 9.17) is 4.98 Å². The van der Waals surface area contributed by atoms with E-state index < -0.39 is 0 Å². The van der Waals surface area contributed by atoms with Crippen LogP contribution in [-0.2, 0) is 5.41 Å². The fraction of sp³-hybridized carbons (Fsp3) is 0.125. The molecule has 0 atom stereocenters. The van der Waals surface area contributed by atoms with Crippen LogP contribution in [0.15, 0.2) is 146 Å². The van der Waals surface area contributed by atoms with Gasteiger partial charge in [-0.1, -0.05) is 105 Å². The zero-order chi connectivity index (χ0) is 28.5. The number of hydrogen-bond donors (Lipinski definition) is 0. The first-order valence-corrected chi connectivity index (χ1v) is 14.9. The van der Waals surface area contributed by atoms with Crippen LogP contribution in [-0.4, -0.2) is 4.98 Å².